The number of carbonyl (C=O) groups is 2. The van der Waals surface area contributed by atoms with Crippen molar-refractivity contribution in [2.45, 2.75) is 40.2 Å². The number of amides is 2. The predicted octanol–water partition coefficient (Wildman–Crippen LogP) is 3.98. The lowest BCUT2D eigenvalue weighted by atomic mass is 10.2. The number of benzene rings is 1. The molecule has 0 radical (unpaired) electrons. The van der Waals surface area contributed by atoms with Crippen LogP contribution in [0.4, 0.5) is 10.5 Å². The number of rotatable bonds is 8. The Morgan fingerprint density at radius 3 is 2.44 bits per heavy atom. The summed E-state index contributed by atoms with van der Waals surface area (Å²) >= 11 is 6.63. The van der Waals surface area contributed by atoms with E-state index in [1.165, 1.54) is 0 Å². The van der Waals surface area contributed by atoms with Crippen molar-refractivity contribution in [1.29, 1.82) is 0 Å². The maximum atomic E-state index is 13.1. The molecule has 1 aliphatic heterocycles. The molecule has 1 saturated heterocycles. The highest BCUT2D eigenvalue weighted by molar-refractivity contribution is 6.45. The minimum atomic E-state index is -0.618. The Morgan fingerprint density at radius 2 is 1.82 bits per heavy atom. The van der Waals surface area contributed by atoms with Gasteiger partial charge in [0, 0.05) is 32.4 Å². The molecular formula is C24H35ClN4O5. The Balaban J connectivity index is 2.31. The first-order chi connectivity index (χ1) is 16.1. The number of nitrogens with one attached hydrogen (secondary N) is 1. The van der Waals surface area contributed by atoms with Gasteiger partial charge in [0.25, 0.3) is 5.91 Å². The second-order valence-corrected chi connectivity index (χ2v) is 9.03. The van der Waals surface area contributed by atoms with Crippen LogP contribution in [0.5, 0.6) is 0 Å². The minimum absolute atomic E-state index is 0.0914. The molecule has 0 aromatic heterocycles. The van der Waals surface area contributed by atoms with Crippen molar-refractivity contribution in [3.63, 3.8) is 0 Å². The van der Waals surface area contributed by atoms with Crippen molar-refractivity contribution >= 4 is 35.2 Å². The zero-order chi connectivity index (χ0) is 25.3. The van der Waals surface area contributed by atoms with E-state index in [0.717, 1.165) is 5.56 Å². The van der Waals surface area contributed by atoms with Crippen LogP contribution in [-0.4, -0.2) is 79.9 Å². The lowest BCUT2D eigenvalue weighted by molar-refractivity contribution is -0.112. The van der Waals surface area contributed by atoms with Crippen molar-refractivity contribution < 1.29 is 23.8 Å². The molecule has 0 saturated carbocycles. The van der Waals surface area contributed by atoms with Crippen LogP contribution in [0.1, 0.15) is 33.3 Å². The molecular weight excluding hydrogens is 460 g/mol. The molecule has 0 spiro atoms. The summed E-state index contributed by atoms with van der Waals surface area (Å²) in [6.07, 6.45) is -0.443. The maximum absolute atomic E-state index is 13.1. The van der Waals surface area contributed by atoms with Gasteiger partial charge in [-0.3, -0.25) is 14.7 Å². The second-order valence-electron chi connectivity index (χ2n) is 8.65. The molecule has 2 rings (SSSR count). The van der Waals surface area contributed by atoms with E-state index in [1.807, 2.05) is 52.8 Å². The van der Waals surface area contributed by atoms with E-state index in [-0.39, 0.29) is 24.2 Å². The minimum Gasteiger partial charge on any atom is -0.474 e. The molecule has 1 aliphatic rings. The van der Waals surface area contributed by atoms with Crippen LogP contribution >= 0.6 is 11.6 Å². The van der Waals surface area contributed by atoms with Gasteiger partial charge < -0.3 is 24.4 Å². The molecule has 1 aromatic rings. The summed E-state index contributed by atoms with van der Waals surface area (Å²) in [5, 5.41) is 2.75. The summed E-state index contributed by atoms with van der Waals surface area (Å²) in [5.41, 5.74) is 1.23. The van der Waals surface area contributed by atoms with Gasteiger partial charge >= 0.3 is 6.09 Å². The van der Waals surface area contributed by atoms with E-state index in [9.17, 15) is 9.59 Å². The van der Waals surface area contributed by atoms with Gasteiger partial charge in [-0.15, -0.1) is 0 Å². The number of anilines is 1. The number of hydrogen-bond acceptors (Lipinski definition) is 7. The third-order valence-electron chi connectivity index (χ3n) is 4.83. The monoisotopic (exact) mass is 494 g/mol. The topological polar surface area (TPSA) is 92.7 Å². The SMILES string of the molecule is CCOCCOC(=NC)/C(=C(/Cl)C(=O)Nc1ccccc1C)N1CCN(C(=O)OC(C)(C)C)C1. The van der Waals surface area contributed by atoms with Gasteiger partial charge in [-0.05, 0) is 46.2 Å². The molecule has 1 aromatic carbocycles. The Kier molecular flexibility index (Phi) is 10.2. The van der Waals surface area contributed by atoms with Crippen LogP contribution in [0.15, 0.2) is 40.0 Å². The van der Waals surface area contributed by atoms with Gasteiger partial charge in [-0.2, -0.15) is 0 Å². The van der Waals surface area contributed by atoms with Crippen LogP contribution in [0.25, 0.3) is 0 Å². The molecule has 34 heavy (non-hydrogen) atoms. The standard InChI is InChI=1S/C24H35ClN4O5/c1-7-32-14-15-33-22(26-6)20(19(25)21(30)27-18-11-9-8-10-17(18)2)28-12-13-29(16-28)23(31)34-24(3,4)5/h8-11H,7,12-16H2,1-6H3,(H,27,30)/b20-19-,26-22?. The number of para-hydroxylation sites is 1. The molecule has 0 unspecified atom stereocenters. The number of aryl methyl sites for hydroxylation is 1. The van der Waals surface area contributed by atoms with Crippen LogP contribution < -0.4 is 5.32 Å². The van der Waals surface area contributed by atoms with Crippen molar-refractivity contribution in [2.75, 3.05) is 51.9 Å². The second kappa shape index (κ2) is 12.6. The molecule has 1 fully saturated rings. The molecule has 9 nitrogen and oxygen atoms in total. The van der Waals surface area contributed by atoms with E-state index in [4.69, 9.17) is 25.8 Å². The molecule has 0 aliphatic carbocycles. The number of nitrogens with zero attached hydrogens (tertiary/aromatic N) is 3. The van der Waals surface area contributed by atoms with E-state index in [0.29, 0.717) is 37.7 Å². The lowest BCUT2D eigenvalue weighted by Gasteiger charge is -2.26. The lowest BCUT2D eigenvalue weighted by Crippen LogP contribution is -2.37. The Hall–Kier alpha value is -2.78. The highest BCUT2D eigenvalue weighted by Gasteiger charge is 2.33. The highest BCUT2D eigenvalue weighted by Crippen LogP contribution is 2.24. The first kappa shape index (κ1) is 27.5. The average molecular weight is 495 g/mol. The van der Waals surface area contributed by atoms with Crippen molar-refractivity contribution in [2.24, 2.45) is 4.99 Å². The fraction of sp³-hybridized carbons (Fsp3) is 0.542. The Bertz CT molecular complexity index is 926. The van der Waals surface area contributed by atoms with Crippen molar-refractivity contribution in [1.82, 2.24) is 9.80 Å². The zero-order valence-electron chi connectivity index (χ0n) is 20.8. The summed E-state index contributed by atoms with van der Waals surface area (Å²) in [7, 11) is 1.56. The maximum Gasteiger partial charge on any atom is 0.411 e. The van der Waals surface area contributed by atoms with Crippen molar-refractivity contribution in [3.05, 3.63) is 40.6 Å². The van der Waals surface area contributed by atoms with E-state index in [1.54, 1.807) is 22.9 Å². The fourth-order valence-electron chi connectivity index (χ4n) is 3.19. The molecule has 1 heterocycles. The summed E-state index contributed by atoms with van der Waals surface area (Å²) in [5.74, 6) is -0.313. The fourth-order valence-corrected chi connectivity index (χ4v) is 3.44. The summed E-state index contributed by atoms with van der Waals surface area (Å²) < 4.78 is 16.6. The summed E-state index contributed by atoms with van der Waals surface area (Å²) in [4.78, 5) is 33.2. The first-order valence-electron chi connectivity index (χ1n) is 11.2. The number of ether oxygens (including phenoxy) is 3. The largest absolute Gasteiger partial charge is 0.474 e. The quantitative estimate of drug-likeness (QED) is 0.254. The predicted molar refractivity (Wildman–Crippen MR) is 133 cm³/mol. The third-order valence-corrected chi connectivity index (χ3v) is 5.18. The van der Waals surface area contributed by atoms with Gasteiger partial charge in [0.1, 0.15) is 22.9 Å². The molecule has 10 heteroatoms. The van der Waals surface area contributed by atoms with Crippen LogP contribution in [0.2, 0.25) is 0 Å². The molecule has 0 bridgehead atoms. The van der Waals surface area contributed by atoms with Crippen molar-refractivity contribution in [3.8, 4) is 0 Å². The third kappa shape index (κ3) is 7.92. The van der Waals surface area contributed by atoms with E-state index < -0.39 is 17.6 Å². The number of carbonyl (C=O) groups excluding carboxylic acids is 2. The number of halogens is 1. The number of hydrogen-bond donors (Lipinski definition) is 1. The smallest absolute Gasteiger partial charge is 0.411 e. The molecule has 188 valence electrons. The van der Waals surface area contributed by atoms with Gasteiger partial charge in [0.15, 0.2) is 0 Å². The number of aliphatic imine (C=N–C) groups is 1. The van der Waals surface area contributed by atoms with E-state index >= 15 is 0 Å². The Morgan fingerprint density at radius 1 is 1.15 bits per heavy atom. The normalized spacial score (nSPS) is 15.2. The summed E-state index contributed by atoms with van der Waals surface area (Å²) in [6, 6.07) is 7.40. The zero-order valence-corrected chi connectivity index (χ0v) is 21.6. The molecule has 1 N–H and O–H groups in total. The first-order valence-corrected chi connectivity index (χ1v) is 11.6. The van der Waals surface area contributed by atoms with Crippen LogP contribution in [0.3, 0.4) is 0 Å². The molecule has 2 amide bonds. The highest BCUT2D eigenvalue weighted by atomic mass is 35.5. The summed E-state index contributed by atoms with van der Waals surface area (Å²) in [6.45, 7) is 11.4. The molecule has 0 atom stereocenters. The average Bonchev–Trinajstić information content (AvgIpc) is 3.26. The van der Waals surface area contributed by atoms with Gasteiger partial charge in [0.05, 0.1) is 13.3 Å². The van der Waals surface area contributed by atoms with Gasteiger partial charge in [-0.25, -0.2) is 4.79 Å². The van der Waals surface area contributed by atoms with Crippen LogP contribution in [0, 0.1) is 6.92 Å². The van der Waals surface area contributed by atoms with E-state index in [2.05, 4.69) is 10.3 Å². The van der Waals surface area contributed by atoms with Gasteiger partial charge in [-0.1, -0.05) is 29.8 Å². The Labute approximate surface area is 206 Å². The van der Waals surface area contributed by atoms with Crippen LogP contribution in [-0.2, 0) is 19.0 Å². The van der Waals surface area contributed by atoms with Gasteiger partial charge in [0.2, 0.25) is 5.90 Å².